The number of benzene rings is 1. The molecule has 18 heavy (non-hydrogen) atoms. The van der Waals surface area contributed by atoms with Crippen molar-refractivity contribution in [3.05, 3.63) is 28.2 Å². The molecule has 4 nitrogen and oxygen atoms in total. The molecule has 0 radical (unpaired) electrons. The van der Waals surface area contributed by atoms with Crippen LogP contribution in [0.3, 0.4) is 0 Å². The zero-order valence-corrected chi connectivity index (χ0v) is 11.6. The largest absolute Gasteiger partial charge is 0.478 e. The van der Waals surface area contributed by atoms with Gasteiger partial charge in [0.15, 0.2) is 0 Å². The summed E-state index contributed by atoms with van der Waals surface area (Å²) < 4.78 is 6.20. The molecule has 1 unspecified atom stereocenters. The minimum atomic E-state index is -0.936. The molecule has 2 rings (SSSR count). The quantitative estimate of drug-likeness (QED) is 0.896. The summed E-state index contributed by atoms with van der Waals surface area (Å²) in [5, 5.41) is 12.4. The van der Waals surface area contributed by atoms with Crippen LogP contribution in [-0.2, 0) is 4.74 Å². The van der Waals surface area contributed by atoms with Gasteiger partial charge in [-0.2, -0.15) is 0 Å². The number of carboxylic acid groups (broad SMARTS) is 1. The number of rotatable bonds is 4. The summed E-state index contributed by atoms with van der Waals surface area (Å²) in [6.07, 6.45) is 3.51. The summed E-state index contributed by atoms with van der Waals surface area (Å²) >= 11 is 3.26. The third-order valence-electron chi connectivity index (χ3n) is 3.02. The molecule has 0 aromatic heterocycles. The molecule has 0 amide bonds. The van der Waals surface area contributed by atoms with Gasteiger partial charge < -0.3 is 15.2 Å². The molecular formula is C13H16BrNO3. The molecule has 2 N–H and O–H groups in total. The third kappa shape index (κ3) is 3.23. The monoisotopic (exact) mass is 313 g/mol. The second kappa shape index (κ2) is 6.20. The third-order valence-corrected chi connectivity index (χ3v) is 3.68. The minimum Gasteiger partial charge on any atom is -0.478 e. The molecule has 1 fully saturated rings. The first-order valence-corrected chi connectivity index (χ1v) is 6.85. The Kier molecular flexibility index (Phi) is 4.60. The van der Waals surface area contributed by atoms with Gasteiger partial charge in [0.1, 0.15) is 0 Å². The van der Waals surface area contributed by atoms with Gasteiger partial charge in [-0.05, 0) is 47.3 Å². The maximum Gasteiger partial charge on any atom is 0.338 e. The number of hydrogen-bond donors (Lipinski definition) is 2. The average Bonchev–Trinajstić information content (AvgIpc) is 2.37. The number of carboxylic acids is 1. The van der Waals surface area contributed by atoms with Crippen LogP contribution in [0.2, 0.25) is 0 Å². The molecule has 0 saturated carbocycles. The molecule has 1 aromatic carbocycles. The van der Waals surface area contributed by atoms with Gasteiger partial charge in [0, 0.05) is 23.3 Å². The van der Waals surface area contributed by atoms with E-state index in [1.807, 2.05) is 6.07 Å². The molecule has 1 heterocycles. The zero-order chi connectivity index (χ0) is 13.0. The van der Waals surface area contributed by atoms with Crippen molar-refractivity contribution in [2.45, 2.75) is 25.4 Å². The van der Waals surface area contributed by atoms with Gasteiger partial charge in [-0.25, -0.2) is 4.79 Å². The van der Waals surface area contributed by atoms with Gasteiger partial charge >= 0.3 is 5.97 Å². The number of hydrogen-bond acceptors (Lipinski definition) is 3. The number of anilines is 1. The molecule has 5 heteroatoms. The molecule has 1 aromatic rings. The Labute approximate surface area is 114 Å². The first kappa shape index (κ1) is 13.4. The summed E-state index contributed by atoms with van der Waals surface area (Å²) in [6.45, 7) is 1.45. The Balaban J connectivity index is 2.04. The number of ether oxygens (including phenoxy) is 1. The van der Waals surface area contributed by atoms with E-state index in [1.165, 1.54) is 6.42 Å². The van der Waals surface area contributed by atoms with Gasteiger partial charge in [-0.15, -0.1) is 0 Å². The van der Waals surface area contributed by atoms with Crippen molar-refractivity contribution in [3.8, 4) is 0 Å². The van der Waals surface area contributed by atoms with Crippen molar-refractivity contribution in [1.82, 2.24) is 0 Å². The van der Waals surface area contributed by atoms with Crippen molar-refractivity contribution >= 4 is 27.6 Å². The molecule has 1 aliphatic rings. The molecule has 0 aliphatic carbocycles. The summed E-state index contributed by atoms with van der Waals surface area (Å²) in [5.74, 6) is -0.936. The lowest BCUT2D eigenvalue weighted by Gasteiger charge is -2.23. The van der Waals surface area contributed by atoms with Crippen LogP contribution in [0.25, 0.3) is 0 Å². The van der Waals surface area contributed by atoms with E-state index in [-0.39, 0.29) is 11.7 Å². The first-order chi connectivity index (χ1) is 8.68. The topological polar surface area (TPSA) is 58.6 Å². The molecule has 1 aliphatic heterocycles. The van der Waals surface area contributed by atoms with Gasteiger partial charge in [0.05, 0.1) is 11.7 Å². The van der Waals surface area contributed by atoms with Crippen molar-refractivity contribution in [2.24, 2.45) is 0 Å². The molecule has 1 atom stereocenters. The van der Waals surface area contributed by atoms with Crippen molar-refractivity contribution in [3.63, 3.8) is 0 Å². The van der Waals surface area contributed by atoms with Crippen LogP contribution >= 0.6 is 15.9 Å². The van der Waals surface area contributed by atoms with E-state index in [1.54, 1.807) is 12.1 Å². The van der Waals surface area contributed by atoms with Crippen LogP contribution in [0.5, 0.6) is 0 Å². The van der Waals surface area contributed by atoms with Gasteiger partial charge in [0.25, 0.3) is 0 Å². The fraction of sp³-hybridized carbons (Fsp3) is 0.462. The lowest BCUT2D eigenvalue weighted by Crippen LogP contribution is -2.27. The predicted molar refractivity (Wildman–Crippen MR) is 73.2 cm³/mol. The smallest absolute Gasteiger partial charge is 0.338 e. The molecule has 98 valence electrons. The number of halogens is 1. The van der Waals surface area contributed by atoms with Gasteiger partial charge in [0.2, 0.25) is 0 Å². The fourth-order valence-electron chi connectivity index (χ4n) is 2.08. The Hall–Kier alpha value is -1.07. The van der Waals surface area contributed by atoms with Crippen LogP contribution < -0.4 is 5.32 Å². The van der Waals surface area contributed by atoms with E-state index >= 15 is 0 Å². The Morgan fingerprint density at radius 1 is 1.50 bits per heavy atom. The maximum absolute atomic E-state index is 11.2. The fourth-order valence-corrected chi connectivity index (χ4v) is 2.62. The minimum absolute atomic E-state index is 0.180. The van der Waals surface area contributed by atoms with Gasteiger partial charge in [-0.1, -0.05) is 6.07 Å². The van der Waals surface area contributed by atoms with E-state index in [9.17, 15) is 9.90 Å². The molecule has 0 spiro atoms. The summed E-state index contributed by atoms with van der Waals surface area (Å²) in [4.78, 5) is 11.2. The van der Waals surface area contributed by atoms with Crippen molar-refractivity contribution < 1.29 is 14.6 Å². The summed E-state index contributed by atoms with van der Waals surface area (Å²) in [5.41, 5.74) is 0.902. The average molecular weight is 314 g/mol. The standard InChI is InChI=1S/C13H16BrNO3/c14-10-5-3-6-11(12(10)13(16)17)15-8-9-4-1-2-7-18-9/h3,5-6,9,15H,1-2,4,7-8H2,(H,16,17). The maximum atomic E-state index is 11.2. The second-order valence-electron chi connectivity index (χ2n) is 4.34. The van der Waals surface area contributed by atoms with E-state index in [4.69, 9.17) is 4.74 Å². The van der Waals surface area contributed by atoms with E-state index < -0.39 is 5.97 Å². The first-order valence-electron chi connectivity index (χ1n) is 6.06. The zero-order valence-electron chi connectivity index (χ0n) is 9.99. The number of aromatic carboxylic acids is 1. The Morgan fingerprint density at radius 2 is 2.33 bits per heavy atom. The number of nitrogens with one attached hydrogen (secondary N) is 1. The van der Waals surface area contributed by atoms with Crippen molar-refractivity contribution in [1.29, 1.82) is 0 Å². The highest BCUT2D eigenvalue weighted by atomic mass is 79.9. The molecular weight excluding hydrogens is 298 g/mol. The Morgan fingerprint density at radius 3 is 3.00 bits per heavy atom. The second-order valence-corrected chi connectivity index (χ2v) is 5.19. The highest BCUT2D eigenvalue weighted by molar-refractivity contribution is 9.10. The normalized spacial score (nSPS) is 19.5. The molecule has 0 bridgehead atoms. The SMILES string of the molecule is O=C(O)c1c(Br)cccc1NCC1CCCCO1. The van der Waals surface area contributed by atoms with Crippen LogP contribution in [0.15, 0.2) is 22.7 Å². The predicted octanol–water partition coefficient (Wildman–Crippen LogP) is 3.13. The van der Waals surface area contributed by atoms with Crippen molar-refractivity contribution in [2.75, 3.05) is 18.5 Å². The highest BCUT2D eigenvalue weighted by Gasteiger charge is 2.17. The molecule has 1 saturated heterocycles. The highest BCUT2D eigenvalue weighted by Crippen LogP contribution is 2.25. The lowest BCUT2D eigenvalue weighted by atomic mass is 10.1. The summed E-state index contributed by atoms with van der Waals surface area (Å²) in [6, 6.07) is 5.32. The van der Waals surface area contributed by atoms with E-state index in [2.05, 4.69) is 21.2 Å². The van der Waals surface area contributed by atoms with Crippen LogP contribution in [0.4, 0.5) is 5.69 Å². The van der Waals surface area contributed by atoms with Crippen LogP contribution in [0.1, 0.15) is 29.6 Å². The van der Waals surface area contributed by atoms with Gasteiger partial charge in [-0.3, -0.25) is 0 Å². The van der Waals surface area contributed by atoms with Crippen LogP contribution in [0, 0.1) is 0 Å². The summed E-state index contributed by atoms with van der Waals surface area (Å²) in [7, 11) is 0. The van der Waals surface area contributed by atoms with E-state index in [0.717, 1.165) is 19.4 Å². The van der Waals surface area contributed by atoms with E-state index in [0.29, 0.717) is 16.7 Å². The van der Waals surface area contributed by atoms with Crippen LogP contribution in [-0.4, -0.2) is 30.3 Å². The Bertz CT molecular complexity index is 430. The lowest BCUT2D eigenvalue weighted by molar-refractivity contribution is 0.0247. The number of carbonyl (C=O) groups is 1.